The van der Waals surface area contributed by atoms with E-state index >= 15 is 0 Å². The lowest BCUT2D eigenvalue weighted by Gasteiger charge is -2.40. The highest BCUT2D eigenvalue weighted by atomic mass is 19.4. The Bertz CT molecular complexity index is 610. The van der Waals surface area contributed by atoms with Crippen molar-refractivity contribution in [3.63, 3.8) is 0 Å². The van der Waals surface area contributed by atoms with Crippen LogP contribution < -0.4 is 5.11 Å². The Balaban J connectivity index is 0.000000381. The third-order valence-electron chi connectivity index (χ3n) is 4.36. The number of piperidine rings is 1. The quantitative estimate of drug-likeness (QED) is 0.452. The van der Waals surface area contributed by atoms with Crippen LogP contribution in [0.3, 0.4) is 0 Å². The van der Waals surface area contributed by atoms with E-state index in [1.807, 2.05) is 7.05 Å². The topological polar surface area (TPSA) is 101 Å². The van der Waals surface area contributed by atoms with Crippen LogP contribution >= 0.6 is 0 Å². The summed E-state index contributed by atoms with van der Waals surface area (Å²) in [6.07, 6.45) is 0.0794. The van der Waals surface area contributed by atoms with Gasteiger partial charge in [-0.1, -0.05) is 0 Å². The van der Waals surface area contributed by atoms with Gasteiger partial charge in [-0.25, -0.2) is 0 Å². The maximum absolute atomic E-state index is 11.0. The summed E-state index contributed by atoms with van der Waals surface area (Å²) in [5.41, 5.74) is 0.753. The summed E-state index contributed by atoms with van der Waals surface area (Å²) < 4.78 is 34.3. The summed E-state index contributed by atoms with van der Waals surface area (Å²) in [5.74, 6) is -2.98. The van der Waals surface area contributed by atoms with E-state index in [1.165, 1.54) is 19.3 Å². The first-order valence-corrected chi connectivity index (χ1v) is 7.80. The van der Waals surface area contributed by atoms with Gasteiger partial charge in [-0.15, -0.1) is 0 Å². The van der Waals surface area contributed by atoms with E-state index < -0.39 is 12.1 Å². The van der Waals surface area contributed by atoms with Crippen molar-refractivity contribution in [2.24, 2.45) is 7.05 Å². The zero-order chi connectivity index (χ0) is 19.3. The van der Waals surface area contributed by atoms with Gasteiger partial charge in [-0.05, 0) is 36.1 Å². The van der Waals surface area contributed by atoms with Gasteiger partial charge in [-0.3, -0.25) is 0 Å². The lowest BCUT2D eigenvalue weighted by molar-refractivity contribution is -0.943. The molecular weight excluding hydrogens is 345 g/mol. The minimum Gasteiger partial charge on any atom is -0.542 e. The monoisotopic (exact) mass is 366 g/mol. The molecule has 25 heavy (non-hydrogen) atoms. The second-order valence-electron chi connectivity index (χ2n) is 5.99. The highest BCUT2D eigenvalue weighted by Gasteiger charge is 2.33. The molecule has 0 bridgehead atoms. The minimum absolute atomic E-state index is 0.0222. The van der Waals surface area contributed by atoms with Gasteiger partial charge in [0, 0.05) is 7.05 Å². The number of aliphatic carboxylic acids is 1. The predicted molar refractivity (Wildman–Crippen MR) is 79.0 cm³/mol. The van der Waals surface area contributed by atoms with E-state index in [-0.39, 0.29) is 10.7 Å². The van der Waals surface area contributed by atoms with Crippen molar-refractivity contribution in [1.82, 2.24) is 9.55 Å². The van der Waals surface area contributed by atoms with E-state index in [9.17, 15) is 23.3 Å². The average Bonchev–Trinajstić information content (AvgIpc) is 2.89. The number of aromatic nitrogens is 2. The number of carbonyl (C=O) groups is 1. The number of aryl methyl sites for hydroxylation is 1. The van der Waals surface area contributed by atoms with Crippen LogP contribution in [0.15, 0.2) is 6.33 Å². The Morgan fingerprint density at radius 1 is 1.36 bits per heavy atom. The van der Waals surface area contributed by atoms with Crippen molar-refractivity contribution < 1.29 is 32.5 Å². The van der Waals surface area contributed by atoms with Crippen molar-refractivity contribution in [3.05, 3.63) is 22.1 Å². The maximum Gasteiger partial charge on any atom is 0.430 e. The third kappa shape index (κ3) is 5.69. The number of hydrogen-bond donors (Lipinski definition) is 0. The number of rotatable bonds is 4. The molecule has 0 radical (unpaired) electrons. The number of quaternary nitrogens is 1. The Hall–Kier alpha value is -2.17. The standard InChI is InChI=1S/C12H21N4O2.C2HF3O2/c1-3-16(7-5-4-6-8-16)9-11-12(15(17)18)13-10-14(11)2;3-2(4,5)1(6)7/h10H,3-9H2,1-2H3;(H,6,7)/q+1;/p-1. The van der Waals surface area contributed by atoms with E-state index in [4.69, 9.17) is 9.90 Å². The van der Waals surface area contributed by atoms with Gasteiger partial charge in [0.15, 0.2) is 5.69 Å². The van der Waals surface area contributed by atoms with Crippen LogP contribution in [0.1, 0.15) is 31.9 Å². The summed E-state index contributed by atoms with van der Waals surface area (Å²) >= 11 is 0. The summed E-state index contributed by atoms with van der Waals surface area (Å²) in [6.45, 7) is 6.18. The van der Waals surface area contributed by atoms with Gasteiger partial charge in [0.1, 0.15) is 12.5 Å². The average molecular weight is 366 g/mol. The van der Waals surface area contributed by atoms with Gasteiger partial charge >= 0.3 is 12.0 Å². The van der Waals surface area contributed by atoms with E-state index in [0.717, 1.165) is 36.4 Å². The molecule has 1 aromatic heterocycles. The highest BCUT2D eigenvalue weighted by molar-refractivity contribution is 5.70. The number of nitrogens with zero attached hydrogens (tertiary/aromatic N) is 4. The van der Waals surface area contributed by atoms with E-state index in [1.54, 1.807) is 10.9 Å². The molecule has 0 atom stereocenters. The Morgan fingerprint density at radius 2 is 1.88 bits per heavy atom. The molecule has 0 aromatic carbocycles. The number of alkyl halides is 3. The van der Waals surface area contributed by atoms with Gasteiger partial charge in [-0.2, -0.15) is 13.2 Å². The molecule has 2 rings (SSSR count). The van der Waals surface area contributed by atoms with Gasteiger partial charge < -0.3 is 29.1 Å². The molecule has 1 saturated heterocycles. The van der Waals surface area contributed by atoms with E-state index in [0.29, 0.717) is 0 Å². The predicted octanol–water partition coefficient (Wildman–Crippen LogP) is 1.15. The number of carboxylic acid groups (broad SMARTS) is 1. The molecule has 0 unspecified atom stereocenters. The summed E-state index contributed by atoms with van der Waals surface area (Å²) in [4.78, 5) is 23.3. The fraction of sp³-hybridized carbons (Fsp3) is 0.714. The van der Waals surface area contributed by atoms with Crippen molar-refractivity contribution in [1.29, 1.82) is 0 Å². The summed E-state index contributed by atoms with van der Waals surface area (Å²) in [6, 6.07) is 0. The first kappa shape index (κ1) is 20.9. The largest absolute Gasteiger partial charge is 0.542 e. The SMILES string of the molecule is CC[N+]1(Cc2c([N+](=O)[O-])ncn2C)CCCCC1.O=C([O-])C(F)(F)F. The molecule has 0 aliphatic carbocycles. The summed E-state index contributed by atoms with van der Waals surface area (Å²) in [5, 5.41) is 19.8. The minimum atomic E-state index is -5.19. The molecule has 1 aliphatic rings. The van der Waals surface area contributed by atoms with Crippen LogP contribution in [0.4, 0.5) is 19.0 Å². The van der Waals surface area contributed by atoms with Crippen molar-refractivity contribution in [2.45, 2.75) is 38.9 Å². The number of imidazole rings is 1. The lowest BCUT2D eigenvalue weighted by Crippen LogP contribution is -2.50. The molecular formula is C14H21F3N4O4. The molecule has 0 saturated carbocycles. The number of hydrogen-bond acceptors (Lipinski definition) is 5. The van der Waals surface area contributed by atoms with Gasteiger partial charge in [0.2, 0.25) is 6.33 Å². The molecule has 1 fully saturated rings. The first-order chi connectivity index (χ1) is 11.5. The summed E-state index contributed by atoms with van der Waals surface area (Å²) in [7, 11) is 1.84. The van der Waals surface area contributed by atoms with Gasteiger partial charge in [0.05, 0.1) is 19.6 Å². The number of nitro groups is 1. The lowest BCUT2D eigenvalue weighted by atomic mass is 10.1. The van der Waals surface area contributed by atoms with Crippen LogP contribution in [0.2, 0.25) is 0 Å². The Kier molecular flexibility index (Phi) is 6.91. The molecule has 11 heteroatoms. The second kappa shape index (κ2) is 8.28. The van der Waals surface area contributed by atoms with Crippen LogP contribution in [0.25, 0.3) is 0 Å². The number of carbonyl (C=O) groups excluding carboxylic acids is 1. The third-order valence-corrected chi connectivity index (χ3v) is 4.36. The van der Waals surface area contributed by atoms with Crippen molar-refractivity contribution >= 4 is 11.8 Å². The Morgan fingerprint density at radius 3 is 2.28 bits per heavy atom. The van der Waals surface area contributed by atoms with Crippen molar-refractivity contribution in [2.75, 3.05) is 19.6 Å². The van der Waals surface area contributed by atoms with Crippen LogP contribution in [0, 0.1) is 10.1 Å². The van der Waals surface area contributed by atoms with Crippen LogP contribution in [0.5, 0.6) is 0 Å². The molecule has 2 heterocycles. The molecule has 142 valence electrons. The molecule has 0 spiro atoms. The molecule has 0 amide bonds. The zero-order valence-corrected chi connectivity index (χ0v) is 14.1. The Labute approximate surface area is 142 Å². The van der Waals surface area contributed by atoms with Crippen LogP contribution in [-0.2, 0) is 18.4 Å². The zero-order valence-electron chi connectivity index (χ0n) is 14.1. The van der Waals surface area contributed by atoms with E-state index in [2.05, 4.69) is 11.9 Å². The fourth-order valence-corrected chi connectivity index (χ4v) is 2.86. The van der Waals surface area contributed by atoms with Crippen LogP contribution in [-0.4, -0.2) is 50.7 Å². The highest BCUT2D eigenvalue weighted by Crippen LogP contribution is 2.26. The molecule has 1 aliphatic heterocycles. The maximum atomic E-state index is 11.0. The number of carboxylic acids is 1. The number of likely N-dealkylation sites (tertiary alicyclic amines) is 1. The molecule has 1 aromatic rings. The molecule has 0 N–H and O–H groups in total. The normalized spacial score (nSPS) is 16.7. The second-order valence-corrected chi connectivity index (χ2v) is 5.99. The first-order valence-electron chi connectivity index (χ1n) is 7.80. The molecule has 8 nitrogen and oxygen atoms in total. The number of halogens is 3. The van der Waals surface area contributed by atoms with Gasteiger partial charge in [0.25, 0.3) is 0 Å². The fourth-order valence-electron chi connectivity index (χ4n) is 2.86. The smallest absolute Gasteiger partial charge is 0.430 e. The van der Waals surface area contributed by atoms with Crippen molar-refractivity contribution in [3.8, 4) is 0 Å².